The van der Waals surface area contributed by atoms with Gasteiger partial charge in [-0.2, -0.15) is 0 Å². The molecular formula is C24H38N4O7S2. The number of carbonyl (C=O) groups excluding carboxylic acids is 5. The van der Waals surface area contributed by atoms with Crippen molar-refractivity contribution in [3.05, 3.63) is 12.2 Å². The maximum absolute atomic E-state index is 13.3. The Kier molecular flexibility index (Phi) is 12.2. The standard InChI is InChI=1S/C24H38N4O7S2/c1-12(2)18-23(33)27-19(13(3)4)22(32)25-16-11-37-36-9-7-6-8-15(10-17(30)26-18)35-24(34)20(14(5)29)28-21(16)31/h6,8,12-16,18-20,29H,7,9-11H2,1-5H3,(H,25,32)(H,26,30)(H,27,33)(H,28,31)/b8-6+. The monoisotopic (exact) mass is 558 g/mol. The molecule has 0 aromatic rings. The van der Waals surface area contributed by atoms with Gasteiger partial charge in [-0.25, -0.2) is 4.79 Å². The van der Waals surface area contributed by atoms with Gasteiger partial charge >= 0.3 is 5.97 Å². The number of hydrogen-bond donors (Lipinski definition) is 5. The Bertz CT molecular complexity index is 881. The second kappa shape index (κ2) is 14.6. The minimum absolute atomic E-state index is 0.194. The van der Waals surface area contributed by atoms with Crippen molar-refractivity contribution < 1.29 is 33.8 Å². The van der Waals surface area contributed by atoms with E-state index >= 15 is 0 Å². The second-order valence-corrected chi connectivity index (χ2v) is 12.4. The molecule has 1 saturated heterocycles. The number of nitrogens with one attached hydrogen (secondary N) is 4. The Labute approximate surface area is 225 Å². The minimum atomic E-state index is -1.41. The zero-order chi connectivity index (χ0) is 27.7. The van der Waals surface area contributed by atoms with Crippen LogP contribution < -0.4 is 21.3 Å². The predicted molar refractivity (Wildman–Crippen MR) is 142 cm³/mol. The molecular weight excluding hydrogens is 520 g/mol. The normalized spacial score (nSPS) is 30.9. The van der Waals surface area contributed by atoms with Gasteiger partial charge in [0.1, 0.15) is 24.2 Å². The van der Waals surface area contributed by atoms with Crippen LogP contribution >= 0.6 is 21.6 Å². The van der Waals surface area contributed by atoms with E-state index in [1.807, 2.05) is 0 Å². The number of aliphatic hydroxyl groups is 1. The van der Waals surface area contributed by atoms with Gasteiger partial charge in [-0.15, -0.1) is 0 Å². The molecule has 0 aromatic heterocycles. The van der Waals surface area contributed by atoms with Crippen LogP contribution in [0.5, 0.6) is 0 Å². The molecule has 2 aliphatic rings. The summed E-state index contributed by atoms with van der Waals surface area (Å²) in [7, 11) is 2.89. The summed E-state index contributed by atoms with van der Waals surface area (Å²) in [6, 6.07) is -4.37. The van der Waals surface area contributed by atoms with E-state index in [1.165, 1.54) is 28.5 Å². The SMILES string of the molecule is CC(C)C1NC(=O)CC2/C=C/CCSSCC(NC(=O)C(C(C)C)NC1=O)C(=O)NC(C(C)O)C(=O)O2. The molecule has 1 fully saturated rings. The molecule has 2 aliphatic heterocycles. The first-order valence-electron chi connectivity index (χ1n) is 12.4. The molecule has 4 amide bonds. The van der Waals surface area contributed by atoms with Crippen LogP contribution in [-0.4, -0.2) is 82.6 Å². The highest BCUT2D eigenvalue weighted by Gasteiger charge is 2.36. The summed E-state index contributed by atoms with van der Waals surface area (Å²) in [5.41, 5.74) is 0. The van der Waals surface area contributed by atoms with Crippen molar-refractivity contribution in [3.8, 4) is 0 Å². The van der Waals surface area contributed by atoms with Crippen LogP contribution in [0.25, 0.3) is 0 Å². The summed E-state index contributed by atoms with van der Waals surface area (Å²) < 4.78 is 5.51. The molecule has 2 heterocycles. The fourth-order valence-corrected chi connectivity index (χ4v) is 5.87. The smallest absolute Gasteiger partial charge is 0.331 e. The molecule has 0 spiro atoms. The maximum Gasteiger partial charge on any atom is 0.331 e. The predicted octanol–water partition coefficient (Wildman–Crippen LogP) is 0.275. The Morgan fingerprint density at radius 1 is 0.838 bits per heavy atom. The van der Waals surface area contributed by atoms with E-state index in [0.717, 1.165) is 0 Å². The van der Waals surface area contributed by atoms with Gasteiger partial charge in [0.15, 0.2) is 6.04 Å². The number of esters is 1. The highest BCUT2D eigenvalue weighted by Crippen LogP contribution is 2.24. The lowest BCUT2D eigenvalue weighted by atomic mass is 9.99. The molecule has 13 heteroatoms. The van der Waals surface area contributed by atoms with Crippen LogP contribution in [0, 0.1) is 11.8 Å². The quantitative estimate of drug-likeness (QED) is 0.186. The average molecular weight is 559 g/mol. The van der Waals surface area contributed by atoms with E-state index < -0.39 is 66.0 Å². The number of carbonyl (C=O) groups is 5. The maximum atomic E-state index is 13.3. The number of allylic oxidation sites excluding steroid dienone is 1. The van der Waals surface area contributed by atoms with Crippen molar-refractivity contribution in [1.82, 2.24) is 21.3 Å². The van der Waals surface area contributed by atoms with E-state index in [9.17, 15) is 29.1 Å². The van der Waals surface area contributed by atoms with Crippen LogP contribution in [0.15, 0.2) is 12.2 Å². The zero-order valence-electron chi connectivity index (χ0n) is 21.8. The molecule has 11 nitrogen and oxygen atoms in total. The van der Waals surface area contributed by atoms with Crippen LogP contribution in [0.4, 0.5) is 0 Å². The third-order valence-electron chi connectivity index (χ3n) is 5.87. The van der Waals surface area contributed by atoms with Gasteiger partial charge in [0.05, 0.1) is 12.5 Å². The van der Waals surface area contributed by atoms with Crippen molar-refractivity contribution >= 4 is 51.2 Å². The molecule has 2 bridgehead atoms. The molecule has 0 radical (unpaired) electrons. The number of ether oxygens (including phenoxy) is 1. The molecule has 208 valence electrons. The molecule has 5 N–H and O–H groups in total. The second-order valence-electron chi connectivity index (χ2n) is 9.81. The number of amides is 4. The third-order valence-corrected chi connectivity index (χ3v) is 8.32. The van der Waals surface area contributed by atoms with Gasteiger partial charge in [-0.3, -0.25) is 19.2 Å². The van der Waals surface area contributed by atoms with Crippen molar-refractivity contribution in [2.24, 2.45) is 11.8 Å². The zero-order valence-corrected chi connectivity index (χ0v) is 23.4. The molecule has 0 aliphatic carbocycles. The van der Waals surface area contributed by atoms with Gasteiger partial charge in [-0.1, -0.05) is 55.4 Å². The number of rotatable bonds is 3. The van der Waals surface area contributed by atoms with Crippen LogP contribution in [0.2, 0.25) is 0 Å². The van der Waals surface area contributed by atoms with E-state index in [0.29, 0.717) is 12.2 Å². The van der Waals surface area contributed by atoms with Crippen LogP contribution in [0.3, 0.4) is 0 Å². The molecule has 2 rings (SSSR count). The summed E-state index contributed by atoms with van der Waals surface area (Å²) in [6.45, 7) is 8.38. The van der Waals surface area contributed by atoms with Gasteiger partial charge in [0.25, 0.3) is 0 Å². The van der Waals surface area contributed by atoms with Gasteiger partial charge in [0, 0.05) is 11.5 Å². The lowest BCUT2D eigenvalue weighted by Crippen LogP contribution is -2.61. The molecule has 0 saturated carbocycles. The van der Waals surface area contributed by atoms with Crippen LogP contribution in [-0.2, 0) is 28.7 Å². The summed E-state index contributed by atoms with van der Waals surface area (Å²) in [6.07, 6.45) is 1.46. The average Bonchev–Trinajstić information content (AvgIpc) is 2.80. The molecule has 6 unspecified atom stereocenters. The first kappa shape index (κ1) is 31.0. The fourth-order valence-electron chi connectivity index (χ4n) is 3.71. The Morgan fingerprint density at radius 2 is 1.43 bits per heavy atom. The largest absolute Gasteiger partial charge is 0.456 e. The Morgan fingerprint density at radius 3 is 2.05 bits per heavy atom. The summed E-state index contributed by atoms with van der Waals surface area (Å²) >= 11 is 0. The lowest BCUT2D eigenvalue weighted by molar-refractivity contribution is -0.155. The molecule has 0 aromatic carbocycles. The summed E-state index contributed by atoms with van der Waals surface area (Å²) in [4.78, 5) is 65.4. The number of fused-ring (bicyclic) bond motifs is 6. The van der Waals surface area contributed by atoms with E-state index in [4.69, 9.17) is 4.74 Å². The van der Waals surface area contributed by atoms with Crippen molar-refractivity contribution in [3.63, 3.8) is 0 Å². The molecule has 37 heavy (non-hydrogen) atoms. The number of hydrogen-bond acceptors (Lipinski definition) is 9. The van der Waals surface area contributed by atoms with Crippen molar-refractivity contribution in [1.29, 1.82) is 0 Å². The highest BCUT2D eigenvalue weighted by molar-refractivity contribution is 8.76. The number of aliphatic hydroxyl groups excluding tert-OH is 1. The summed E-state index contributed by atoms with van der Waals surface area (Å²) in [5, 5.41) is 20.8. The van der Waals surface area contributed by atoms with Gasteiger partial charge in [-0.05, 0) is 31.3 Å². The Balaban J connectivity index is 2.55. The summed E-state index contributed by atoms with van der Waals surface area (Å²) in [5.74, 6) is -2.97. The van der Waals surface area contributed by atoms with E-state index in [1.54, 1.807) is 39.8 Å². The Hall–Kier alpha value is -2.25. The van der Waals surface area contributed by atoms with Crippen molar-refractivity contribution in [2.45, 2.75) is 83.8 Å². The lowest BCUT2D eigenvalue weighted by Gasteiger charge is -2.30. The third kappa shape index (κ3) is 9.53. The van der Waals surface area contributed by atoms with Gasteiger partial charge in [0.2, 0.25) is 23.6 Å². The topological polar surface area (TPSA) is 163 Å². The first-order chi connectivity index (χ1) is 17.4. The minimum Gasteiger partial charge on any atom is -0.456 e. The van der Waals surface area contributed by atoms with E-state index in [-0.39, 0.29) is 24.0 Å². The highest BCUT2D eigenvalue weighted by atomic mass is 33.1. The van der Waals surface area contributed by atoms with Crippen LogP contribution in [0.1, 0.15) is 47.5 Å². The van der Waals surface area contributed by atoms with Crippen molar-refractivity contribution in [2.75, 3.05) is 11.5 Å². The van der Waals surface area contributed by atoms with Gasteiger partial charge < -0.3 is 31.1 Å². The first-order valence-corrected chi connectivity index (χ1v) is 14.9. The van der Waals surface area contributed by atoms with E-state index in [2.05, 4.69) is 21.3 Å². The molecule has 6 atom stereocenters. The fraction of sp³-hybridized carbons (Fsp3) is 0.708.